The molecule has 0 aliphatic heterocycles. The van der Waals surface area contributed by atoms with Gasteiger partial charge in [-0.25, -0.2) is 9.78 Å². The summed E-state index contributed by atoms with van der Waals surface area (Å²) in [5.41, 5.74) is 5.97. The van der Waals surface area contributed by atoms with E-state index in [9.17, 15) is 4.79 Å². The third-order valence-electron chi connectivity index (χ3n) is 6.18. The van der Waals surface area contributed by atoms with E-state index in [1.54, 1.807) is 30.3 Å². The van der Waals surface area contributed by atoms with Crippen LogP contribution >= 0.6 is 23.2 Å². The summed E-state index contributed by atoms with van der Waals surface area (Å²) in [4.78, 5) is 16.6. The molecule has 0 N–H and O–H groups in total. The van der Waals surface area contributed by atoms with Gasteiger partial charge < -0.3 is 13.7 Å². The number of rotatable bonds is 7. The number of carbonyl (C=O) groups excluding carboxylic acids is 1. The summed E-state index contributed by atoms with van der Waals surface area (Å²) in [6.07, 6.45) is 1.13. The van der Waals surface area contributed by atoms with E-state index < -0.39 is 0 Å². The summed E-state index contributed by atoms with van der Waals surface area (Å²) in [5.74, 6) is 1.14. The van der Waals surface area contributed by atoms with Gasteiger partial charge in [0.15, 0.2) is 11.5 Å². The highest BCUT2D eigenvalue weighted by Crippen LogP contribution is 2.39. The number of benzene rings is 3. The second-order valence-corrected chi connectivity index (χ2v) is 9.80. The van der Waals surface area contributed by atoms with Gasteiger partial charge >= 0.3 is 5.97 Å². The summed E-state index contributed by atoms with van der Waals surface area (Å²) in [6, 6.07) is 18.5. The fourth-order valence-corrected chi connectivity index (χ4v) is 4.95. The number of oxazole rings is 1. The lowest BCUT2D eigenvalue weighted by molar-refractivity contribution is 0.0601. The molecule has 0 aliphatic carbocycles. The molecule has 2 aromatic heterocycles. The molecular formula is C29H24Cl2N2O4. The molecule has 0 saturated heterocycles. The highest BCUT2D eigenvalue weighted by molar-refractivity contribution is 6.39. The maximum absolute atomic E-state index is 11.9. The van der Waals surface area contributed by atoms with Crippen LogP contribution < -0.4 is 0 Å². The van der Waals surface area contributed by atoms with Gasteiger partial charge in [0.2, 0.25) is 0 Å². The predicted octanol–water partition coefficient (Wildman–Crippen LogP) is 8.15. The van der Waals surface area contributed by atoms with Crippen molar-refractivity contribution in [1.82, 2.24) is 10.1 Å². The Hall–Kier alpha value is -3.61. The molecule has 3 aromatic carbocycles. The molecule has 2 heterocycles. The monoisotopic (exact) mass is 534 g/mol. The third kappa shape index (κ3) is 4.99. The second-order valence-electron chi connectivity index (χ2n) is 8.99. The quantitative estimate of drug-likeness (QED) is 0.196. The summed E-state index contributed by atoms with van der Waals surface area (Å²) < 4.78 is 16.6. The van der Waals surface area contributed by atoms with E-state index in [4.69, 9.17) is 41.9 Å². The van der Waals surface area contributed by atoms with Crippen LogP contribution in [-0.2, 0) is 17.6 Å². The van der Waals surface area contributed by atoms with Crippen molar-refractivity contribution in [2.45, 2.75) is 32.6 Å². The van der Waals surface area contributed by atoms with Gasteiger partial charge in [-0.1, -0.05) is 66.5 Å². The summed E-state index contributed by atoms with van der Waals surface area (Å²) in [7, 11) is 1.37. The first-order valence-corrected chi connectivity index (χ1v) is 12.6. The van der Waals surface area contributed by atoms with Crippen LogP contribution in [0.5, 0.6) is 0 Å². The van der Waals surface area contributed by atoms with Gasteiger partial charge in [0, 0.05) is 23.5 Å². The fraction of sp³-hybridized carbons (Fsp3) is 0.207. The Morgan fingerprint density at radius 2 is 1.70 bits per heavy atom. The lowest BCUT2D eigenvalue weighted by atomic mass is 9.97. The highest BCUT2D eigenvalue weighted by Gasteiger charge is 2.23. The average Bonchev–Trinajstić information content (AvgIpc) is 3.50. The molecule has 0 fully saturated rings. The first-order valence-electron chi connectivity index (χ1n) is 11.9. The number of nitrogens with zero attached hydrogens (tertiary/aromatic N) is 2. The van der Waals surface area contributed by atoms with Crippen LogP contribution in [0.15, 0.2) is 69.6 Å². The SMILES string of the molecule is COC(=O)c1cccc(-c2ccc3oc(CCc4c(-c5c(Cl)cccc5Cl)noc4C(C)C)nc3c2)c1. The van der Waals surface area contributed by atoms with Gasteiger partial charge in [0.05, 0.1) is 22.7 Å². The number of aryl methyl sites for hydroxylation is 1. The first kappa shape index (κ1) is 25.1. The molecule has 6 nitrogen and oxygen atoms in total. The van der Waals surface area contributed by atoms with Crippen molar-refractivity contribution in [2.75, 3.05) is 7.11 Å². The molecule has 0 amide bonds. The molecule has 5 rings (SSSR count). The maximum Gasteiger partial charge on any atom is 0.337 e. The van der Waals surface area contributed by atoms with Gasteiger partial charge in [0.25, 0.3) is 0 Å². The van der Waals surface area contributed by atoms with E-state index in [1.807, 2.05) is 30.3 Å². The third-order valence-corrected chi connectivity index (χ3v) is 6.81. The molecule has 0 bridgehead atoms. The van der Waals surface area contributed by atoms with Crippen molar-refractivity contribution >= 4 is 40.3 Å². The van der Waals surface area contributed by atoms with E-state index in [1.165, 1.54) is 7.11 Å². The zero-order valence-electron chi connectivity index (χ0n) is 20.5. The van der Waals surface area contributed by atoms with Crippen LogP contribution in [0.25, 0.3) is 33.5 Å². The van der Waals surface area contributed by atoms with Crippen LogP contribution in [0.2, 0.25) is 10.0 Å². The molecule has 188 valence electrons. The topological polar surface area (TPSA) is 78.4 Å². The molecule has 0 saturated carbocycles. The van der Waals surface area contributed by atoms with Crippen molar-refractivity contribution in [3.8, 4) is 22.4 Å². The van der Waals surface area contributed by atoms with E-state index in [0.29, 0.717) is 51.2 Å². The first-order chi connectivity index (χ1) is 17.9. The van der Waals surface area contributed by atoms with Gasteiger partial charge in [-0.2, -0.15) is 0 Å². The highest BCUT2D eigenvalue weighted by atomic mass is 35.5. The number of carbonyl (C=O) groups is 1. The van der Waals surface area contributed by atoms with E-state index in [2.05, 4.69) is 19.0 Å². The maximum atomic E-state index is 11.9. The zero-order valence-corrected chi connectivity index (χ0v) is 22.1. The van der Waals surface area contributed by atoms with Crippen molar-refractivity contribution in [1.29, 1.82) is 0 Å². The molecule has 0 radical (unpaired) electrons. The molecular weight excluding hydrogens is 511 g/mol. The molecule has 0 spiro atoms. The van der Waals surface area contributed by atoms with Crippen LogP contribution in [0.4, 0.5) is 0 Å². The Labute approximate surface area is 224 Å². The number of fused-ring (bicyclic) bond motifs is 1. The number of aromatic nitrogens is 2. The summed E-state index contributed by atoms with van der Waals surface area (Å²) >= 11 is 12.9. The van der Waals surface area contributed by atoms with Gasteiger partial charge in [-0.3, -0.25) is 0 Å². The van der Waals surface area contributed by atoms with Crippen molar-refractivity contribution in [3.63, 3.8) is 0 Å². The molecule has 0 aliphatic rings. The van der Waals surface area contributed by atoms with Gasteiger partial charge in [0.1, 0.15) is 17.0 Å². The minimum Gasteiger partial charge on any atom is -0.465 e. The van der Waals surface area contributed by atoms with Gasteiger partial charge in [-0.15, -0.1) is 0 Å². The Kier molecular flexibility index (Phi) is 7.04. The minimum absolute atomic E-state index is 0.129. The van der Waals surface area contributed by atoms with Crippen LogP contribution in [0.1, 0.15) is 47.3 Å². The lowest BCUT2D eigenvalue weighted by Crippen LogP contribution is -2.00. The van der Waals surface area contributed by atoms with Crippen LogP contribution in [0, 0.1) is 0 Å². The van der Waals surface area contributed by atoms with Gasteiger partial charge in [-0.05, 0) is 53.9 Å². The van der Waals surface area contributed by atoms with Crippen LogP contribution in [0.3, 0.4) is 0 Å². The Balaban J connectivity index is 1.44. The van der Waals surface area contributed by atoms with E-state index in [0.717, 1.165) is 28.0 Å². The minimum atomic E-state index is -0.376. The van der Waals surface area contributed by atoms with Crippen LogP contribution in [-0.4, -0.2) is 23.2 Å². The molecule has 37 heavy (non-hydrogen) atoms. The van der Waals surface area contributed by atoms with E-state index in [-0.39, 0.29) is 11.9 Å². The number of halogens is 2. The molecule has 5 aromatic rings. The number of methoxy groups -OCH3 is 1. The number of hydrogen-bond donors (Lipinski definition) is 0. The van der Waals surface area contributed by atoms with Crippen molar-refractivity contribution in [3.05, 3.63) is 93.5 Å². The molecule has 0 unspecified atom stereocenters. The largest absolute Gasteiger partial charge is 0.465 e. The Morgan fingerprint density at radius 3 is 2.43 bits per heavy atom. The molecule has 0 atom stereocenters. The smallest absolute Gasteiger partial charge is 0.337 e. The normalized spacial score (nSPS) is 11.4. The van der Waals surface area contributed by atoms with Crippen molar-refractivity contribution in [2.24, 2.45) is 0 Å². The van der Waals surface area contributed by atoms with Crippen molar-refractivity contribution < 1.29 is 18.5 Å². The Bertz CT molecular complexity index is 1580. The van der Waals surface area contributed by atoms with E-state index >= 15 is 0 Å². The summed E-state index contributed by atoms with van der Waals surface area (Å²) in [5, 5.41) is 5.36. The summed E-state index contributed by atoms with van der Waals surface area (Å²) in [6.45, 7) is 4.11. The second kappa shape index (κ2) is 10.4. The predicted molar refractivity (Wildman–Crippen MR) is 144 cm³/mol. The number of esters is 1. The fourth-order valence-electron chi connectivity index (χ4n) is 4.37. The number of ether oxygens (including phenoxy) is 1. The number of hydrogen-bond acceptors (Lipinski definition) is 6. The zero-order chi connectivity index (χ0) is 26.1. The Morgan fingerprint density at radius 1 is 0.973 bits per heavy atom. The average molecular weight is 535 g/mol. The lowest BCUT2D eigenvalue weighted by Gasteiger charge is -2.08. The standard InChI is InChI=1S/C29H24Cl2N2O4/c1-16(2)28-20(27(33-37-28)26-21(30)8-5-9-22(26)31)11-13-25-32-23-15-18(10-12-24(23)36-25)17-6-4-7-19(14-17)29(34)35-3/h4-10,12,14-16H,11,13H2,1-3H3. The molecule has 8 heteroatoms.